The van der Waals surface area contributed by atoms with E-state index in [9.17, 15) is 0 Å². The summed E-state index contributed by atoms with van der Waals surface area (Å²) < 4.78 is 17.6. The number of ether oxygens (including phenoxy) is 3. The Morgan fingerprint density at radius 1 is 1.32 bits per heavy atom. The lowest BCUT2D eigenvalue weighted by Crippen LogP contribution is -2.40. The summed E-state index contributed by atoms with van der Waals surface area (Å²) in [6.45, 7) is 5.09. The highest BCUT2D eigenvalue weighted by molar-refractivity contribution is 5.13. The van der Waals surface area contributed by atoms with Crippen LogP contribution in [-0.4, -0.2) is 25.1 Å². The van der Waals surface area contributed by atoms with Crippen LogP contribution in [0.3, 0.4) is 0 Å². The van der Waals surface area contributed by atoms with Gasteiger partial charge in [0.1, 0.15) is 6.10 Å². The first-order valence-electron chi connectivity index (χ1n) is 6.90. The van der Waals surface area contributed by atoms with E-state index in [1.165, 1.54) is 5.56 Å². The molecule has 2 bridgehead atoms. The van der Waals surface area contributed by atoms with Crippen molar-refractivity contribution in [3.63, 3.8) is 0 Å². The van der Waals surface area contributed by atoms with E-state index in [0.29, 0.717) is 19.1 Å². The van der Waals surface area contributed by atoms with Gasteiger partial charge in [0.25, 0.3) is 0 Å². The molecule has 19 heavy (non-hydrogen) atoms. The number of hydrogen-bond acceptors (Lipinski definition) is 3. The molecule has 0 N–H and O–H groups in total. The average molecular weight is 260 g/mol. The fourth-order valence-electron chi connectivity index (χ4n) is 2.82. The summed E-state index contributed by atoms with van der Waals surface area (Å²) in [4.78, 5) is 0. The van der Waals surface area contributed by atoms with Crippen LogP contribution in [0.15, 0.2) is 43.0 Å². The molecule has 0 saturated carbocycles. The lowest BCUT2D eigenvalue weighted by atomic mass is 9.93. The van der Waals surface area contributed by atoms with Crippen molar-refractivity contribution in [3.05, 3.63) is 48.6 Å². The van der Waals surface area contributed by atoms with Crippen LogP contribution in [0.5, 0.6) is 0 Å². The molecule has 3 rings (SSSR count). The Morgan fingerprint density at radius 3 is 2.95 bits per heavy atom. The molecule has 0 spiro atoms. The van der Waals surface area contributed by atoms with Gasteiger partial charge in [-0.1, -0.05) is 36.4 Å². The largest absolute Gasteiger partial charge is 0.371 e. The average Bonchev–Trinajstić information content (AvgIpc) is 2.87. The van der Waals surface area contributed by atoms with Gasteiger partial charge in [0.2, 0.25) is 0 Å². The van der Waals surface area contributed by atoms with E-state index in [1.807, 2.05) is 24.3 Å². The van der Waals surface area contributed by atoms with Gasteiger partial charge in [-0.25, -0.2) is 0 Å². The van der Waals surface area contributed by atoms with Crippen LogP contribution in [-0.2, 0) is 20.8 Å². The molecule has 102 valence electrons. The van der Waals surface area contributed by atoms with Crippen molar-refractivity contribution in [2.24, 2.45) is 5.92 Å². The summed E-state index contributed by atoms with van der Waals surface area (Å²) in [5.41, 5.74) is 1.20. The molecule has 1 aromatic rings. The molecule has 4 atom stereocenters. The molecule has 0 aliphatic carbocycles. The summed E-state index contributed by atoms with van der Waals surface area (Å²) in [6, 6.07) is 10.2. The van der Waals surface area contributed by atoms with Crippen molar-refractivity contribution in [1.82, 2.24) is 0 Å². The molecule has 3 heteroatoms. The van der Waals surface area contributed by atoms with Crippen molar-refractivity contribution in [3.8, 4) is 0 Å². The third-order valence-electron chi connectivity index (χ3n) is 3.84. The highest BCUT2D eigenvalue weighted by Crippen LogP contribution is 2.35. The van der Waals surface area contributed by atoms with Gasteiger partial charge < -0.3 is 14.2 Å². The Labute approximate surface area is 114 Å². The van der Waals surface area contributed by atoms with Crippen molar-refractivity contribution in [2.75, 3.05) is 6.61 Å². The van der Waals surface area contributed by atoms with Crippen LogP contribution in [0, 0.1) is 5.92 Å². The van der Waals surface area contributed by atoms with Gasteiger partial charge in [-0.05, 0) is 18.4 Å². The van der Waals surface area contributed by atoms with Crippen LogP contribution in [0.2, 0.25) is 0 Å². The molecule has 2 fully saturated rings. The smallest absolute Gasteiger partial charge is 0.161 e. The number of benzene rings is 1. The Kier molecular flexibility index (Phi) is 3.97. The fourth-order valence-corrected chi connectivity index (χ4v) is 2.82. The molecule has 0 aromatic heterocycles. The molecule has 2 aliphatic rings. The molecule has 0 amide bonds. The van der Waals surface area contributed by atoms with Crippen molar-refractivity contribution >= 4 is 0 Å². The summed E-state index contributed by atoms with van der Waals surface area (Å²) in [5, 5.41) is 0. The van der Waals surface area contributed by atoms with Crippen LogP contribution < -0.4 is 0 Å². The van der Waals surface area contributed by atoms with Crippen LogP contribution in [0.1, 0.15) is 18.4 Å². The highest BCUT2D eigenvalue weighted by Gasteiger charge is 2.43. The van der Waals surface area contributed by atoms with E-state index in [0.717, 1.165) is 12.8 Å². The topological polar surface area (TPSA) is 27.7 Å². The molecule has 2 saturated heterocycles. The molecule has 0 radical (unpaired) electrons. The fraction of sp³-hybridized carbons (Fsp3) is 0.500. The molecule has 3 nitrogen and oxygen atoms in total. The maximum Gasteiger partial charge on any atom is 0.161 e. The summed E-state index contributed by atoms with van der Waals surface area (Å²) in [7, 11) is 0. The molecular formula is C16H20O3. The number of rotatable bonds is 5. The normalized spacial score (nSPS) is 33.3. The highest BCUT2D eigenvalue weighted by atomic mass is 16.7. The van der Waals surface area contributed by atoms with E-state index >= 15 is 0 Å². The van der Waals surface area contributed by atoms with E-state index < -0.39 is 0 Å². The summed E-state index contributed by atoms with van der Waals surface area (Å²) in [6.07, 6.45) is 4.01. The second-order valence-corrected chi connectivity index (χ2v) is 5.23. The Hall–Kier alpha value is -1.16. The maximum absolute atomic E-state index is 6.04. The van der Waals surface area contributed by atoms with Crippen molar-refractivity contribution in [2.45, 2.75) is 37.9 Å². The SMILES string of the molecule is C=CC[C@@H]1C[C@H](OCc2ccccc2)[C@H]2CO[C@@H]1O2. The number of hydrogen-bond donors (Lipinski definition) is 0. The zero-order chi connectivity index (χ0) is 13.1. The zero-order valence-electron chi connectivity index (χ0n) is 11.0. The minimum atomic E-state index is -0.0559. The first-order chi connectivity index (χ1) is 9.36. The van der Waals surface area contributed by atoms with Gasteiger partial charge in [0.15, 0.2) is 6.29 Å². The van der Waals surface area contributed by atoms with Crippen LogP contribution >= 0.6 is 0 Å². The van der Waals surface area contributed by atoms with Gasteiger partial charge in [0, 0.05) is 5.92 Å². The minimum absolute atomic E-state index is 0.0559. The standard InChI is InChI=1S/C16H20O3/c1-2-6-13-9-14(15-11-18-16(13)19-15)17-10-12-7-4-3-5-8-12/h2-5,7-8,13-16H,1,6,9-11H2/t13-,14+,15-,16-/m1/s1. The third kappa shape index (κ3) is 2.89. The zero-order valence-corrected chi connectivity index (χ0v) is 11.0. The lowest BCUT2D eigenvalue weighted by molar-refractivity contribution is -0.168. The van der Waals surface area contributed by atoms with Gasteiger partial charge in [-0.15, -0.1) is 6.58 Å². The van der Waals surface area contributed by atoms with Crippen molar-refractivity contribution in [1.29, 1.82) is 0 Å². The Bertz CT molecular complexity index is 417. The second-order valence-electron chi connectivity index (χ2n) is 5.23. The quantitative estimate of drug-likeness (QED) is 0.762. The van der Waals surface area contributed by atoms with E-state index in [1.54, 1.807) is 0 Å². The van der Waals surface area contributed by atoms with Crippen LogP contribution in [0.4, 0.5) is 0 Å². The second kappa shape index (κ2) is 5.87. The first kappa shape index (κ1) is 12.9. The summed E-state index contributed by atoms with van der Waals surface area (Å²) in [5.74, 6) is 0.372. The Morgan fingerprint density at radius 2 is 2.16 bits per heavy atom. The molecule has 2 aliphatic heterocycles. The van der Waals surface area contributed by atoms with Crippen LogP contribution in [0.25, 0.3) is 0 Å². The Balaban J connectivity index is 1.59. The van der Waals surface area contributed by atoms with Gasteiger partial charge >= 0.3 is 0 Å². The van der Waals surface area contributed by atoms with Gasteiger partial charge in [-0.2, -0.15) is 0 Å². The van der Waals surface area contributed by atoms with E-state index in [4.69, 9.17) is 14.2 Å². The number of allylic oxidation sites excluding steroid dienone is 1. The van der Waals surface area contributed by atoms with Gasteiger partial charge in [0.05, 0.1) is 19.3 Å². The van der Waals surface area contributed by atoms with Crippen molar-refractivity contribution < 1.29 is 14.2 Å². The molecule has 2 heterocycles. The summed E-state index contributed by atoms with van der Waals surface area (Å²) >= 11 is 0. The number of fused-ring (bicyclic) bond motifs is 2. The monoisotopic (exact) mass is 260 g/mol. The molecule has 1 aromatic carbocycles. The molecule has 0 unspecified atom stereocenters. The third-order valence-corrected chi connectivity index (χ3v) is 3.84. The van der Waals surface area contributed by atoms with E-state index in [2.05, 4.69) is 18.7 Å². The first-order valence-corrected chi connectivity index (χ1v) is 6.90. The predicted molar refractivity (Wildman–Crippen MR) is 72.6 cm³/mol. The lowest BCUT2D eigenvalue weighted by Gasteiger charge is -2.33. The maximum atomic E-state index is 6.04. The van der Waals surface area contributed by atoms with E-state index in [-0.39, 0.29) is 18.5 Å². The van der Waals surface area contributed by atoms with Gasteiger partial charge in [-0.3, -0.25) is 0 Å². The minimum Gasteiger partial charge on any atom is -0.371 e. The predicted octanol–water partition coefficient (Wildman–Crippen LogP) is 2.91. The molecular weight excluding hydrogens is 240 g/mol.